The predicted octanol–water partition coefficient (Wildman–Crippen LogP) is 4.99. The molecule has 3 aromatic rings. The molecule has 10 heteroatoms. The number of likely N-dealkylation sites (tertiary alicyclic amines) is 1. The Bertz CT molecular complexity index is 1260. The second kappa shape index (κ2) is 9.80. The lowest BCUT2D eigenvalue weighted by Crippen LogP contribution is -2.48. The number of amides is 1. The zero-order valence-corrected chi connectivity index (χ0v) is 19.4. The summed E-state index contributed by atoms with van der Waals surface area (Å²) in [5.74, 6) is 0.0460. The number of fused-ring (bicyclic) bond motifs is 1. The number of rotatable bonds is 6. The van der Waals surface area contributed by atoms with Crippen molar-refractivity contribution in [3.8, 4) is 11.5 Å². The molecule has 2 aromatic carbocycles. The number of carbonyl (C=O) groups excluding carboxylic acids is 1. The molecule has 1 N–H and O–H groups in total. The molecule has 7 nitrogen and oxygen atoms in total. The van der Waals surface area contributed by atoms with Crippen LogP contribution >= 0.6 is 11.6 Å². The fourth-order valence-corrected chi connectivity index (χ4v) is 3.96. The minimum absolute atomic E-state index is 0.0179. The smallest absolute Gasteiger partial charge is 0.246 e. The maximum absolute atomic E-state index is 14.8. The molecule has 0 saturated carbocycles. The summed E-state index contributed by atoms with van der Waals surface area (Å²) in [5, 5.41) is 3.49. The van der Waals surface area contributed by atoms with Gasteiger partial charge in [0.2, 0.25) is 5.91 Å². The number of hydrogen-bond acceptors (Lipinski definition) is 6. The summed E-state index contributed by atoms with van der Waals surface area (Å²) in [5.41, 5.74) is 1.28. The topological polar surface area (TPSA) is 76.6 Å². The molecule has 1 aromatic heterocycles. The minimum atomic E-state index is -1.40. The Morgan fingerprint density at radius 3 is 2.82 bits per heavy atom. The van der Waals surface area contributed by atoms with Gasteiger partial charge in [0.05, 0.1) is 29.9 Å². The first-order valence-corrected chi connectivity index (χ1v) is 11.0. The van der Waals surface area contributed by atoms with E-state index in [1.165, 1.54) is 24.4 Å². The fourth-order valence-electron chi connectivity index (χ4n) is 3.79. The molecule has 1 aliphatic rings. The number of carbonyl (C=O) groups is 1. The standard InChI is InChI=1S/C24H23ClF2N4O3/c1-4-21(32)31-8-7-18(15(26)11-31)34-20-9-14-17(10-19(20)33-3)28-12-29-24(14)30-16-6-5-13(2)22(25)23(16)27/h4-6,9-10,12,15,18H,1,7-8,11H2,2-3H3,(H,28,29,30)/t15?,18-/m1/s1. The van der Waals surface area contributed by atoms with E-state index in [0.29, 0.717) is 41.0 Å². The Balaban J connectivity index is 1.65. The van der Waals surface area contributed by atoms with Crippen molar-refractivity contribution in [3.05, 3.63) is 59.7 Å². The molecule has 1 amide bonds. The zero-order chi connectivity index (χ0) is 24.4. The number of aromatic nitrogens is 2. The molecule has 0 aliphatic carbocycles. The Kier molecular flexibility index (Phi) is 6.83. The largest absolute Gasteiger partial charge is 0.493 e. The van der Waals surface area contributed by atoms with Gasteiger partial charge in [-0.15, -0.1) is 0 Å². The molecular weight excluding hydrogens is 466 g/mol. The minimum Gasteiger partial charge on any atom is -0.493 e. The van der Waals surface area contributed by atoms with Gasteiger partial charge in [0.25, 0.3) is 0 Å². The Labute approximate surface area is 200 Å². The quantitative estimate of drug-likeness (QED) is 0.493. The number of hydrogen-bond donors (Lipinski definition) is 1. The van der Waals surface area contributed by atoms with Crippen LogP contribution in [0, 0.1) is 12.7 Å². The molecule has 1 unspecified atom stereocenters. The third-order valence-corrected chi connectivity index (χ3v) is 6.16. The third-order valence-electron chi connectivity index (χ3n) is 5.70. The highest BCUT2D eigenvalue weighted by Gasteiger charge is 2.33. The van der Waals surface area contributed by atoms with Crippen LogP contribution in [-0.4, -0.2) is 53.2 Å². The van der Waals surface area contributed by atoms with E-state index in [0.717, 1.165) is 0 Å². The lowest BCUT2D eigenvalue weighted by molar-refractivity contribution is -0.129. The maximum Gasteiger partial charge on any atom is 0.246 e. The predicted molar refractivity (Wildman–Crippen MR) is 126 cm³/mol. The number of aryl methyl sites for hydroxylation is 1. The summed E-state index contributed by atoms with van der Waals surface area (Å²) in [6, 6.07) is 6.52. The van der Waals surface area contributed by atoms with E-state index in [-0.39, 0.29) is 28.9 Å². The molecule has 0 bridgehead atoms. The first-order chi connectivity index (χ1) is 16.3. The molecule has 0 radical (unpaired) electrons. The Hall–Kier alpha value is -3.46. The van der Waals surface area contributed by atoms with Crippen molar-refractivity contribution >= 4 is 39.9 Å². The van der Waals surface area contributed by atoms with Crippen molar-refractivity contribution in [2.45, 2.75) is 25.6 Å². The lowest BCUT2D eigenvalue weighted by atomic mass is 10.1. The number of alkyl halides is 1. The number of anilines is 2. The molecular formula is C24H23ClF2N4O3. The van der Waals surface area contributed by atoms with Crippen LogP contribution in [-0.2, 0) is 4.79 Å². The van der Waals surface area contributed by atoms with Gasteiger partial charge in [-0.25, -0.2) is 18.7 Å². The summed E-state index contributed by atoms with van der Waals surface area (Å²) in [6.45, 7) is 5.41. The van der Waals surface area contributed by atoms with Crippen LogP contribution in [0.2, 0.25) is 5.02 Å². The second-order valence-electron chi connectivity index (χ2n) is 7.87. The number of nitrogens with one attached hydrogen (secondary N) is 1. The molecule has 34 heavy (non-hydrogen) atoms. The molecule has 0 spiro atoms. The van der Waals surface area contributed by atoms with Gasteiger partial charge in [-0.3, -0.25) is 4.79 Å². The fraction of sp³-hybridized carbons (Fsp3) is 0.292. The van der Waals surface area contributed by atoms with E-state index in [1.807, 2.05) is 0 Å². The monoisotopic (exact) mass is 488 g/mol. The Morgan fingerprint density at radius 1 is 1.32 bits per heavy atom. The first kappa shape index (κ1) is 23.7. The van der Waals surface area contributed by atoms with Gasteiger partial charge in [-0.2, -0.15) is 0 Å². The summed E-state index contributed by atoms with van der Waals surface area (Å²) >= 11 is 6.04. The highest BCUT2D eigenvalue weighted by molar-refractivity contribution is 6.31. The summed E-state index contributed by atoms with van der Waals surface area (Å²) in [6.07, 6.45) is 0.619. The Morgan fingerprint density at radius 2 is 2.12 bits per heavy atom. The van der Waals surface area contributed by atoms with Crippen molar-refractivity contribution in [3.63, 3.8) is 0 Å². The van der Waals surface area contributed by atoms with Crippen LogP contribution in [0.15, 0.2) is 43.2 Å². The van der Waals surface area contributed by atoms with Crippen molar-refractivity contribution < 1.29 is 23.0 Å². The van der Waals surface area contributed by atoms with Crippen LogP contribution in [0.4, 0.5) is 20.3 Å². The van der Waals surface area contributed by atoms with E-state index < -0.39 is 18.1 Å². The van der Waals surface area contributed by atoms with Gasteiger partial charge < -0.3 is 19.7 Å². The normalized spacial score (nSPS) is 18.0. The number of halogens is 3. The van der Waals surface area contributed by atoms with Crippen molar-refractivity contribution in [1.29, 1.82) is 0 Å². The van der Waals surface area contributed by atoms with Gasteiger partial charge in [0.1, 0.15) is 18.2 Å². The van der Waals surface area contributed by atoms with Crippen molar-refractivity contribution in [2.24, 2.45) is 0 Å². The van der Waals surface area contributed by atoms with Crippen LogP contribution < -0.4 is 14.8 Å². The summed E-state index contributed by atoms with van der Waals surface area (Å²) < 4.78 is 40.9. The van der Waals surface area contributed by atoms with Crippen LogP contribution in [0.1, 0.15) is 12.0 Å². The molecule has 1 saturated heterocycles. The lowest BCUT2D eigenvalue weighted by Gasteiger charge is -2.34. The van der Waals surface area contributed by atoms with Crippen LogP contribution in [0.3, 0.4) is 0 Å². The van der Waals surface area contributed by atoms with E-state index in [1.54, 1.807) is 31.2 Å². The summed E-state index contributed by atoms with van der Waals surface area (Å²) in [7, 11) is 1.47. The average Bonchev–Trinajstić information content (AvgIpc) is 2.84. The number of nitrogens with zero attached hydrogens (tertiary/aromatic N) is 3. The summed E-state index contributed by atoms with van der Waals surface area (Å²) in [4.78, 5) is 21.7. The van der Waals surface area contributed by atoms with Crippen molar-refractivity contribution in [1.82, 2.24) is 14.9 Å². The van der Waals surface area contributed by atoms with Gasteiger partial charge in [-0.05, 0) is 30.7 Å². The molecule has 4 rings (SSSR count). The second-order valence-corrected chi connectivity index (χ2v) is 8.25. The van der Waals surface area contributed by atoms with Gasteiger partial charge in [0, 0.05) is 24.4 Å². The molecule has 2 atom stereocenters. The highest BCUT2D eigenvalue weighted by Crippen LogP contribution is 2.37. The zero-order valence-electron chi connectivity index (χ0n) is 18.6. The van der Waals surface area contributed by atoms with Gasteiger partial charge >= 0.3 is 0 Å². The first-order valence-electron chi connectivity index (χ1n) is 10.6. The molecule has 1 aliphatic heterocycles. The molecule has 178 valence electrons. The van der Waals surface area contributed by atoms with Crippen LogP contribution in [0.25, 0.3) is 10.9 Å². The van der Waals surface area contributed by atoms with Gasteiger partial charge in [0.15, 0.2) is 23.5 Å². The van der Waals surface area contributed by atoms with E-state index in [9.17, 15) is 13.6 Å². The number of ether oxygens (including phenoxy) is 2. The van der Waals surface area contributed by atoms with Crippen molar-refractivity contribution in [2.75, 3.05) is 25.5 Å². The van der Waals surface area contributed by atoms with E-state index in [4.69, 9.17) is 21.1 Å². The highest BCUT2D eigenvalue weighted by atomic mass is 35.5. The SMILES string of the molecule is C=CC(=O)N1CC[C@@H](Oc2cc3c(Nc4ccc(C)c(Cl)c4F)ncnc3cc2OC)C(F)C1. The van der Waals surface area contributed by atoms with E-state index in [2.05, 4.69) is 21.9 Å². The number of methoxy groups -OCH3 is 1. The molecule has 1 fully saturated rings. The molecule has 2 heterocycles. The number of benzene rings is 2. The van der Waals surface area contributed by atoms with Gasteiger partial charge in [-0.1, -0.05) is 24.2 Å². The third kappa shape index (κ3) is 4.61. The van der Waals surface area contributed by atoms with Crippen LogP contribution in [0.5, 0.6) is 11.5 Å². The number of piperidine rings is 1. The maximum atomic E-state index is 14.8. The van der Waals surface area contributed by atoms with E-state index >= 15 is 0 Å². The average molecular weight is 489 g/mol.